The standard InChI is InChI=1S/C14H11BrN2O2/c1-9(18)17-13-7-11(6-12(15)8-13)14(19)10-2-4-16-5-3-10/h2-8H,1H3,(H,17,18). The number of hydrogen-bond donors (Lipinski definition) is 1. The number of halogens is 1. The van der Waals surface area contributed by atoms with Crippen LogP contribution in [0.4, 0.5) is 5.69 Å². The molecule has 0 aliphatic carbocycles. The van der Waals surface area contributed by atoms with Crippen molar-refractivity contribution in [1.29, 1.82) is 0 Å². The highest BCUT2D eigenvalue weighted by atomic mass is 79.9. The van der Waals surface area contributed by atoms with Gasteiger partial charge in [-0.15, -0.1) is 0 Å². The third-order valence-corrected chi connectivity index (χ3v) is 2.88. The minimum absolute atomic E-state index is 0.115. The van der Waals surface area contributed by atoms with E-state index >= 15 is 0 Å². The van der Waals surface area contributed by atoms with Gasteiger partial charge in [-0.05, 0) is 30.3 Å². The molecule has 5 heteroatoms. The van der Waals surface area contributed by atoms with Crippen LogP contribution in [0.1, 0.15) is 22.8 Å². The van der Waals surface area contributed by atoms with Crippen molar-refractivity contribution in [1.82, 2.24) is 4.98 Å². The zero-order valence-electron chi connectivity index (χ0n) is 10.2. The Balaban J connectivity index is 2.37. The third-order valence-electron chi connectivity index (χ3n) is 2.42. The smallest absolute Gasteiger partial charge is 0.221 e. The Bertz CT molecular complexity index is 627. The molecule has 1 amide bonds. The Morgan fingerprint density at radius 2 is 1.79 bits per heavy atom. The molecule has 0 atom stereocenters. The van der Waals surface area contributed by atoms with E-state index in [1.54, 1.807) is 42.7 Å². The fraction of sp³-hybridized carbons (Fsp3) is 0.0714. The molecule has 2 rings (SSSR count). The average Bonchev–Trinajstić information content (AvgIpc) is 2.37. The van der Waals surface area contributed by atoms with Crippen molar-refractivity contribution in [2.45, 2.75) is 6.92 Å². The lowest BCUT2D eigenvalue weighted by Gasteiger charge is -2.07. The summed E-state index contributed by atoms with van der Waals surface area (Å²) in [5.74, 6) is -0.296. The highest BCUT2D eigenvalue weighted by molar-refractivity contribution is 9.10. The first-order valence-electron chi connectivity index (χ1n) is 5.59. The molecular weight excluding hydrogens is 308 g/mol. The number of amides is 1. The highest BCUT2D eigenvalue weighted by Gasteiger charge is 2.11. The van der Waals surface area contributed by atoms with Gasteiger partial charge in [0.2, 0.25) is 5.91 Å². The van der Waals surface area contributed by atoms with Gasteiger partial charge in [-0.2, -0.15) is 0 Å². The van der Waals surface area contributed by atoms with E-state index in [9.17, 15) is 9.59 Å². The van der Waals surface area contributed by atoms with Gasteiger partial charge in [0.1, 0.15) is 0 Å². The fourth-order valence-corrected chi connectivity index (χ4v) is 2.16. The maximum atomic E-state index is 12.3. The van der Waals surface area contributed by atoms with E-state index in [0.29, 0.717) is 16.8 Å². The van der Waals surface area contributed by atoms with Gasteiger partial charge in [0, 0.05) is 40.6 Å². The van der Waals surface area contributed by atoms with Crippen molar-refractivity contribution in [3.8, 4) is 0 Å². The number of nitrogens with zero attached hydrogens (tertiary/aromatic N) is 1. The number of rotatable bonds is 3. The van der Waals surface area contributed by atoms with Gasteiger partial charge < -0.3 is 5.32 Å². The lowest BCUT2D eigenvalue weighted by atomic mass is 10.0. The molecule has 0 saturated carbocycles. The largest absolute Gasteiger partial charge is 0.326 e. The molecule has 0 radical (unpaired) electrons. The number of pyridine rings is 1. The topological polar surface area (TPSA) is 59.1 Å². The molecule has 0 aliphatic heterocycles. The summed E-state index contributed by atoms with van der Waals surface area (Å²) in [7, 11) is 0. The molecule has 1 heterocycles. The van der Waals surface area contributed by atoms with E-state index in [1.807, 2.05) is 0 Å². The van der Waals surface area contributed by atoms with Crippen LogP contribution in [-0.2, 0) is 4.79 Å². The van der Waals surface area contributed by atoms with Crippen molar-refractivity contribution in [2.75, 3.05) is 5.32 Å². The first kappa shape index (κ1) is 13.4. The highest BCUT2D eigenvalue weighted by Crippen LogP contribution is 2.21. The van der Waals surface area contributed by atoms with Gasteiger partial charge >= 0.3 is 0 Å². The summed E-state index contributed by atoms with van der Waals surface area (Å²) in [6.07, 6.45) is 3.14. The second-order valence-electron chi connectivity index (χ2n) is 3.97. The summed E-state index contributed by atoms with van der Waals surface area (Å²) in [6, 6.07) is 8.41. The molecule has 2 aromatic rings. The quantitative estimate of drug-likeness (QED) is 0.885. The number of ketones is 1. The average molecular weight is 319 g/mol. The molecule has 0 bridgehead atoms. The minimum Gasteiger partial charge on any atom is -0.326 e. The number of aromatic nitrogens is 1. The molecule has 1 aromatic heterocycles. The zero-order chi connectivity index (χ0) is 13.8. The van der Waals surface area contributed by atoms with Gasteiger partial charge in [0.15, 0.2) is 5.78 Å². The normalized spacial score (nSPS) is 10.0. The van der Waals surface area contributed by atoms with Gasteiger partial charge in [0.05, 0.1) is 0 Å². The Morgan fingerprint density at radius 3 is 2.42 bits per heavy atom. The summed E-state index contributed by atoms with van der Waals surface area (Å²) in [5, 5.41) is 2.66. The molecule has 4 nitrogen and oxygen atoms in total. The first-order valence-corrected chi connectivity index (χ1v) is 6.38. The summed E-state index contributed by atoms with van der Waals surface area (Å²) in [4.78, 5) is 27.2. The summed E-state index contributed by atoms with van der Waals surface area (Å²) < 4.78 is 0.733. The monoisotopic (exact) mass is 318 g/mol. The summed E-state index contributed by atoms with van der Waals surface area (Å²) >= 11 is 3.33. The lowest BCUT2D eigenvalue weighted by molar-refractivity contribution is -0.114. The van der Waals surface area contributed by atoms with Gasteiger partial charge in [-0.25, -0.2) is 0 Å². The van der Waals surface area contributed by atoms with E-state index in [2.05, 4.69) is 26.2 Å². The van der Waals surface area contributed by atoms with Crippen molar-refractivity contribution in [3.63, 3.8) is 0 Å². The zero-order valence-corrected chi connectivity index (χ0v) is 11.8. The molecule has 96 valence electrons. The Kier molecular flexibility index (Phi) is 4.06. The number of nitrogens with one attached hydrogen (secondary N) is 1. The Morgan fingerprint density at radius 1 is 1.11 bits per heavy atom. The number of anilines is 1. The number of hydrogen-bond acceptors (Lipinski definition) is 3. The van der Waals surface area contributed by atoms with Crippen LogP contribution in [0.2, 0.25) is 0 Å². The van der Waals surface area contributed by atoms with E-state index in [4.69, 9.17) is 0 Å². The second kappa shape index (κ2) is 5.75. The molecule has 0 unspecified atom stereocenters. The van der Waals surface area contributed by atoms with E-state index in [1.165, 1.54) is 6.92 Å². The predicted octanol–water partition coefficient (Wildman–Crippen LogP) is 3.03. The number of carbonyl (C=O) groups excluding carboxylic acids is 2. The van der Waals surface area contributed by atoms with Crippen LogP contribution >= 0.6 is 15.9 Å². The van der Waals surface area contributed by atoms with Gasteiger partial charge in [-0.1, -0.05) is 15.9 Å². The molecule has 1 aromatic carbocycles. The van der Waals surface area contributed by atoms with Crippen LogP contribution < -0.4 is 5.32 Å². The molecular formula is C14H11BrN2O2. The molecule has 19 heavy (non-hydrogen) atoms. The predicted molar refractivity (Wildman–Crippen MR) is 76.1 cm³/mol. The molecule has 0 aliphatic rings. The van der Waals surface area contributed by atoms with Crippen LogP contribution in [0.25, 0.3) is 0 Å². The van der Waals surface area contributed by atoms with Crippen molar-refractivity contribution in [2.24, 2.45) is 0 Å². The first-order chi connectivity index (χ1) is 9.06. The van der Waals surface area contributed by atoms with Crippen LogP contribution in [0.15, 0.2) is 47.2 Å². The molecule has 0 spiro atoms. The maximum Gasteiger partial charge on any atom is 0.221 e. The number of carbonyl (C=O) groups is 2. The van der Waals surface area contributed by atoms with Crippen LogP contribution in [0.5, 0.6) is 0 Å². The molecule has 1 N–H and O–H groups in total. The minimum atomic E-state index is -0.180. The Hall–Kier alpha value is -2.01. The third kappa shape index (κ3) is 3.48. The van der Waals surface area contributed by atoms with Gasteiger partial charge in [-0.3, -0.25) is 14.6 Å². The Labute approximate surface area is 119 Å². The number of benzene rings is 1. The lowest BCUT2D eigenvalue weighted by Crippen LogP contribution is -2.08. The van der Waals surface area contributed by atoms with Crippen LogP contribution in [-0.4, -0.2) is 16.7 Å². The van der Waals surface area contributed by atoms with E-state index < -0.39 is 0 Å². The van der Waals surface area contributed by atoms with E-state index in [-0.39, 0.29) is 11.7 Å². The molecule has 0 fully saturated rings. The van der Waals surface area contributed by atoms with Crippen molar-refractivity contribution in [3.05, 3.63) is 58.3 Å². The second-order valence-corrected chi connectivity index (χ2v) is 4.89. The van der Waals surface area contributed by atoms with Crippen molar-refractivity contribution >= 4 is 33.3 Å². The van der Waals surface area contributed by atoms with Crippen LogP contribution in [0, 0.1) is 0 Å². The molecule has 0 saturated heterocycles. The summed E-state index contributed by atoms with van der Waals surface area (Å²) in [6.45, 7) is 1.42. The fourth-order valence-electron chi connectivity index (χ4n) is 1.67. The van der Waals surface area contributed by atoms with Gasteiger partial charge in [0.25, 0.3) is 0 Å². The maximum absolute atomic E-state index is 12.3. The summed E-state index contributed by atoms with van der Waals surface area (Å²) in [5.41, 5.74) is 1.64. The van der Waals surface area contributed by atoms with Crippen molar-refractivity contribution < 1.29 is 9.59 Å². The van der Waals surface area contributed by atoms with Crippen LogP contribution in [0.3, 0.4) is 0 Å². The SMILES string of the molecule is CC(=O)Nc1cc(Br)cc(C(=O)c2ccncc2)c1. The van der Waals surface area contributed by atoms with E-state index in [0.717, 1.165) is 4.47 Å².